The lowest BCUT2D eigenvalue weighted by Crippen LogP contribution is -2.35. The predicted molar refractivity (Wildman–Crippen MR) is 138 cm³/mol. The van der Waals surface area contributed by atoms with Gasteiger partial charge in [0.05, 0.1) is 11.4 Å². The van der Waals surface area contributed by atoms with Gasteiger partial charge in [0.15, 0.2) is 0 Å². The molecule has 1 N–H and O–H groups in total. The second-order valence-corrected chi connectivity index (χ2v) is 14.0. The van der Waals surface area contributed by atoms with Crippen LogP contribution >= 0.6 is 11.3 Å². The van der Waals surface area contributed by atoms with E-state index in [0.29, 0.717) is 11.6 Å². The van der Waals surface area contributed by atoms with Crippen LogP contribution in [0.2, 0.25) is 0 Å². The molecule has 0 aliphatic carbocycles. The second-order valence-electron chi connectivity index (χ2n) is 8.60. The highest BCUT2D eigenvalue weighted by molar-refractivity contribution is 7.96. The third kappa shape index (κ3) is 5.46. The van der Waals surface area contributed by atoms with Crippen molar-refractivity contribution in [1.29, 1.82) is 0 Å². The van der Waals surface area contributed by atoms with Gasteiger partial charge in [0.25, 0.3) is 20.0 Å². The molecule has 2 aromatic carbocycles. The van der Waals surface area contributed by atoms with Crippen LogP contribution in [0.1, 0.15) is 18.4 Å². The molecular weight excluding hydrogens is 490 g/mol. The molecule has 34 heavy (non-hydrogen) atoms. The molecule has 10 heteroatoms. The minimum Gasteiger partial charge on any atom is -0.370 e. The van der Waals surface area contributed by atoms with Crippen LogP contribution in [0.4, 0.5) is 11.4 Å². The normalized spacial score (nSPS) is 15.6. The zero-order valence-corrected chi connectivity index (χ0v) is 21.7. The maximum Gasteiger partial charge on any atom is 0.271 e. The fraction of sp³-hybridized carbons (Fsp3) is 0.333. The molecule has 0 saturated carbocycles. The number of sulfonamides is 2. The number of anilines is 2. The van der Waals surface area contributed by atoms with Gasteiger partial charge in [-0.1, -0.05) is 42.5 Å². The van der Waals surface area contributed by atoms with Crippen molar-refractivity contribution >= 4 is 42.8 Å². The molecule has 7 nitrogen and oxygen atoms in total. The summed E-state index contributed by atoms with van der Waals surface area (Å²) in [4.78, 5) is 2.22. The van der Waals surface area contributed by atoms with Crippen LogP contribution in [0, 0.1) is 5.92 Å². The van der Waals surface area contributed by atoms with E-state index in [4.69, 9.17) is 0 Å². The fourth-order valence-electron chi connectivity index (χ4n) is 4.12. The summed E-state index contributed by atoms with van der Waals surface area (Å²) in [7, 11) is -4.79. The smallest absolute Gasteiger partial charge is 0.271 e. The van der Waals surface area contributed by atoms with Gasteiger partial charge in [-0.2, -0.15) is 0 Å². The van der Waals surface area contributed by atoms with Crippen molar-refractivity contribution in [1.82, 2.24) is 4.31 Å². The molecule has 0 bridgehead atoms. The van der Waals surface area contributed by atoms with E-state index in [2.05, 4.69) is 33.9 Å². The summed E-state index contributed by atoms with van der Waals surface area (Å²) >= 11 is 0.743. The molecule has 0 radical (unpaired) electrons. The SMILES string of the molecule is CN(C)S(=O)(=O)c1ccc(S(=O)(=O)Nc2ccccc2N2CCC(Cc3ccccc3)CC2)s1. The molecule has 0 spiro atoms. The largest absolute Gasteiger partial charge is 0.370 e. The molecule has 1 aliphatic rings. The number of nitrogens with zero attached hydrogens (tertiary/aromatic N) is 2. The molecule has 1 aromatic heterocycles. The average Bonchev–Trinajstić information content (AvgIpc) is 3.33. The highest BCUT2D eigenvalue weighted by Crippen LogP contribution is 2.34. The standard InChI is InChI=1S/C24H29N3O4S3/c1-26(2)34(30,31)24-13-12-23(32-24)33(28,29)25-21-10-6-7-11-22(21)27-16-14-20(15-17-27)18-19-8-4-3-5-9-19/h3-13,20,25H,14-18H2,1-2H3. The van der Waals surface area contributed by atoms with Crippen LogP contribution < -0.4 is 9.62 Å². The van der Waals surface area contributed by atoms with Gasteiger partial charge in [-0.15, -0.1) is 11.3 Å². The van der Waals surface area contributed by atoms with E-state index in [0.717, 1.165) is 53.7 Å². The molecule has 0 amide bonds. The van der Waals surface area contributed by atoms with Gasteiger partial charge in [-0.3, -0.25) is 4.72 Å². The third-order valence-electron chi connectivity index (χ3n) is 6.03. The summed E-state index contributed by atoms with van der Waals surface area (Å²) < 4.78 is 54.5. The number of thiophene rings is 1. The van der Waals surface area contributed by atoms with Gasteiger partial charge >= 0.3 is 0 Å². The number of piperidine rings is 1. The van der Waals surface area contributed by atoms with E-state index < -0.39 is 20.0 Å². The van der Waals surface area contributed by atoms with Crippen LogP contribution in [0.5, 0.6) is 0 Å². The summed E-state index contributed by atoms with van der Waals surface area (Å²) in [6.45, 7) is 1.70. The number of hydrogen-bond donors (Lipinski definition) is 1. The van der Waals surface area contributed by atoms with Gasteiger partial charge in [-0.05, 0) is 55.0 Å². The van der Waals surface area contributed by atoms with Crippen LogP contribution in [0.25, 0.3) is 0 Å². The molecule has 0 unspecified atom stereocenters. The number of hydrogen-bond acceptors (Lipinski definition) is 6. The monoisotopic (exact) mass is 519 g/mol. The van der Waals surface area contributed by atoms with Crippen molar-refractivity contribution in [3.05, 3.63) is 72.3 Å². The van der Waals surface area contributed by atoms with Crippen molar-refractivity contribution < 1.29 is 16.8 Å². The van der Waals surface area contributed by atoms with E-state index in [1.54, 1.807) is 12.1 Å². The van der Waals surface area contributed by atoms with Crippen LogP contribution in [-0.2, 0) is 26.5 Å². The van der Waals surface area contributed by atoms with Crippen molar-refractivity contribution in [2.75, 3.05) is 36.8 Å². The first kappa shape index (κ1) is 24.7. The molecule has 3 aromatic rings. The number of rotatable bonds is 8. The van der Waals surface area contributed by atoms with Crippen LogP contribution in [0.3, 0.4) is 0 Å². The Morgan fingerprint density at radius 3 is 2.18 bits per heavy atom. The summed E-state index contributed by atoms with van der Waals surface area (Å²) in [6.07, 6.45) is 3.12. The Hall–Kier alpha value is -2.40. The van der Waals surface area contributed by atoms with Crippen molar-refractivity contribution in [3.63, 3.8) is 0 Å². The van der Waals surface area contributed by atoms with E-state index >= 15 is 0 Å². The highest BCUT2D eigenvalue weighted by atomic mass is 32.3. The molecule has 1 fully saturated rings. The first-order chi connectivity index (χ1) is 16.2. The van der Waals surface area contributed by atoms with Crippen molar-refractivity contribution in [3.8, 4) is 0 Å². The average molecular weight is 520 g/mol. The maximum atomic E-state index is 13.1. The minimum absolute atomic E-state index is 0.00773. The number of nitrogens with one attached hydrogen (secondary N) is 1. The Labute approximate surface area is 206 Å². The molecule has 4 rings (SSSR count). The summed E-state index contributed by atoms with van der Waals surface area (Å²) in [5.74, 6) is 0.602. The first-order valence-corrected chi connectivity index (χ1v) is 14.8. The van der Waals surface area contributed by atoms with Crippen LogP contribution in [-0.4, -0.2) is 48.3 Å². The minimum atomic E-state index is -3.93. The maximum absolute atomic E-state index is 13.1. The van der Waals surface area contributed by atoms with Gasteiger partial charge in [-0.25, -0.2) is 21.1 Å². The topological polar surface area (TPSA) is 86.8 Å². The Bertz CT molecular complexity index is 1330. The zero-order chi connectivity index (χ0) is 24.3. The van der Waals surface area contributed by atoms with Gasteiger partial charge in [0, 0.05) is 27.2 Å². The third-order valence-corrected chi connectivity index (χ3v) is 11.3. The first-order valence-electron chi connectivity index (χ1n) is 11.1. The van der Waals surface area contributed by atoms with E-state index in [1.807, 2.05) is 18.2 Å². The van der Waals surface area contributed by atoms with Crippen LogP contribution in [0.15, 0.2) is 75.1 Å². The van der Waals surface area contributed by atoms with E-state index in [9.17, 15) is 16.8 Å². The van der Waals surface area contributed by atoms with Gasteiger partial charge in [0.2, 0.25) is 0 Å². The Balaban J connectivity index is 1.47. The Morgan fingerprint density at radius 2 is 1.50 bits per heavy atom. The summed E-state index contributed by atoms with van der Waals surface area (Å²) in [6, 6.07) is 20.5. The Morgan fingerprint density at radius 1 is 0.882 bits per heavy atom. The number of benzene rings is 2. The lowest BCUT2D eigenvalue weighted by Gasteiger charge is -2.34. The zero-order valence-electron chi connectivity index (χ0n) is 19.2. The molecule has 1 saturated heterocycles. The fourth-order valence-corrected chi connectivity index (χ4v) is 8.13. The lowest BCUT2D eigenvalue weighted by atomic mass is 9.90. The Kier molecular flexibility index (Phi) is 7.32. The van der Waals surface area contributed by atoms with Gasteiger partial charge in [0.1, 0.15) is 8.42 Å². The second kappa shape index (κ2) is 10.1. The predicted octanol–water partition coefficient (Wildman–Crippen LogP) is 4.26. The summed E-state index contributed by atoms with van der Waals surface area (Å²) in [5.41, 5.74) is 2.68. The highest BCUT2D eigenvalue weighted by Gasteiger charge is 2.26. The van der Waals surface area contributed by atoms with Crippen molar-refractivity contribution in [2.45, 2.75) is 27.7 Å². The number of para-hydroxylation sites is 2. The summed E-state index contributed by atoms with van der Waals surface area (Å²) in [5, 5.41) is 0. The molecular formula is C24H29N3O4S3. The molecule has 182 valence electrons. The van der Waals surface area contributed by atoms with Gasteiger partial charge < -0.3 is 4.90 Å². The lowest BCUT2D eigenvalue weighted by molar-refractivity contribution is 0.404. The molecule has 2 heterocycles. The van der Waals surface area contributed by atoms with E-state index in [-0.39, 0.29) is 8.42 Å². The molecule has 0 atom stereocenters. The quantitative estimate of drug-likeness (QED) is 0.481. The molecule has 1 aliphatic heterocycles. The van der Waals surface area contributed by atoms with Crippen molar-refractivity contribution in [2.24, 2.45) is 5.92 Å². The van der Waals surface area contributed by atoms with E-state index in [1.165, 1.54) is 31.8 Å².